The fourth-order valence-electron chi connectivity index (χ4n) is 4.07. The zero-order valence-corrected chi connectivity index (χ0v) is 20.1. The summed E-state index contributed by atoms with van der Waals surface area (Å²) in [5.41, 5.74) is 5.47. The van der Waals surface area contributed by atoms with Gasteiger partial charge in [-0.1, -0.05) is 18.2 Å². The quantitative estimate of drug-likeness (QED) is 0.352. The number of hydrogen-bond donors (Lipinski definition) is 1. The number of nitrogens with one attached hydrogen (secondary N) is 1. The van der Waals surface area contributed by atoms with Crippen LogP contribution in [0.4, 0.5) is 4.39 Å². The number of aromatic nitrogens is 2. The molecular weight excluding hydrogens is 457 g/mol. The molecule has 5 rings (SSSR count). The van der Waals surface area contributed by atoms with Crippen molar-refractivity contribution in [2.24, 2.45) is 0 Å². The molecule has 1 amide bonds. The number of hydrogen-bond acceptors (Lipinski definition) is 4. The summed E-state index contributed by atoms with van der Waals surface area (Å²) in [4.78, 5) is 25.6. The van der Waals surface area contributed by atoms with Gasteiger partial charge >= 0.3 is 0 Å². The monoisotopic (exact) mass is 481 g/mol. The molecule has 0 aliphatic heterocycles. The van der Waals surface area contributed by atoms with Gasteiger partial charge in [-0.3, -0.25) is 9.59 Å². The first kappa shape index (κ1) is 23.2. The lowest BCUT2D eigenvalue weighted by molar-refractivity contribution is 0.0924. The van der Waals surface area contributed by atoms with E-state index < -0.39 is 5.91 Å². The van der Waals surface area contributed by atoms with E-state index in [-0.39, 0.29) is 23.6 Å². The highest BCUT2D eigenvalue weighted by Gasteiger charge is 2.17. The van der Waals surface area contributed by atoms with E-state index in [0.717, 1.165) is 27.9 Å². The molecule has 6 nitrogen and oxygen atoms in total. The van der Waals surface area contributed by atoms with E-state index >= 15 is 0 Å². The van der Waals surface area contributed by atoms with E-state index in [1.807, 2.05) is 50.4 Å². The second kappa shape index (κ2) is 9.26. The molecule has 2 aromatic heterocycles. The number of amides is 1. The average Bonchev–Trinajstić information content (AvgIpc) is 3.30. The van der Waals surface area contributed by atoms with Crippen molar-refractivity contribution >= 4 is 16.9 Å². The van der Waals surface area contributed by atoms with Gasteiger partial charge in [0.1, 0.15) is 11.4 Å². The summed E-state index contributed by atoms with van der Waals surface area (Å²) in [6, 6.07) is 19.1. The number of benzene rings is 3. The van der Waals surface area contributed by atoms with E-state index in [1.165, 1.54) is 12.1 Å². The molecule has 0 saturated carbocycles. The van der Waals surface area contributed by atoms with Crippen LogP contribution >= 0.6 is 0 Å². The highest BCUT2D eigenvalue weighted by atomic mass is 19.1. The lowest BCUT2D eigenvalue weighted by Crippen LogP contribution is -2.24. The summed E-state index contributed by atoms with van der Waals surface area (Å²) in [6.45, 7) is 5.67. The van der Waals surface area contributed by atoms with Gasteiger partial charge in [0.2, 0.25) is 0 Å². The molecule has 0 aliphatic rings. The van der Waals surface area contributed by atoms with E-state index in [9.17, 15) is 14.0 Å². The van der Waals surface area contributed by atoms with Crippen LogP contribution in [0.15, 0.2) is 82.1 Å². The third kappa shape index (κ3) is 4.43. The summed E-state index contributed by atoms with van der Waals surface area (Å²) < 4.78 is 21.4. The standard InChI is InChI=1S/C29H24FN3O3/c1-17-12-23-25(34)14-27(36-26(23)13-18(17)2)29(35)31-15-21-16-33(22-7-5-4-6-8-22)32-28(21)20-9-10-24(30)19(3)11-20/h4-14,16H,15H2,1-3H3,(H,31,35). The SMILES string of the molecule is Cc1cc2oc(C(=O)NCc3cn(-c4ccccc4)nc3-c3ccc(F)c(C)c3)cc(=O)c2cc1C. The number of fused-ring (bicyclic) bond motifs is 1. The van der Waals surface area contributed by atoms with Crippen molar-refractivity contribution in [3.05, 3.63) is 117 Å². The molecule has 0 saturated heterocycles. The van der Waals surface area contributed by atoms with Crippen LogP contribution in [0, 0.1) is 26.6 Å². The van der Waals surface area contributed by atoms with Crippen LogP contribution in [0.2, 0.25) is 0 Å². The first-order valence-corrected chi connectivity index (χ1v) is 11.5. The topological polar surface area (TPSA) is 77.1 Å². The largest absolute Gasteiger partial charge is 0.451 e. The Morgan fingerprint density at radius 3 is 2.47 bits per heavy atom. The zero-order valence-electron chi connectivity index (χ0n) is 20.1. The van der Waals surface area contributed by atoms with Crippen LogP contribution in [-0.2, 0) is 6.54 Å². The molecule has 0 radical (unpaired) electrons. The van der Waals surface area contributed by atoms with E-state index in [0.29, 0.717) is 22.2 Å². The van der Waals surface area contributed by atoms with Crippen molar-refractivity contribution in [3.63, 3.8) is 0 Å². The smallest absolute Gasteiger partial charge is 0.287 e. The molecule has 3 aromatic carbocycles. The summed E-state index contributed by atoms with van der Waals surface area (Å²) >= 11 is 0. The highest BCUT2D eigenvalue weighted by molar-refractivity contribution is 5.93. The number of carbonyl (C=O) groups is 1. The molecule has 0 fully saturated rings. The first-order valence-electron chi connectivity index (χ1n) is 11.5. The summed E-state index contributed by atoms with van der Waals surface area (Å²) in [7, 11) is 0. The molecule has 0 spiro atoms. The Labute approximate surface area is 207 Å². The van der Waals surface area contributed by atoms with Crippen molar-refractivity contribution in [3.8, 4) is 16.9 Å². The lowest BCUT2D eigenvalue weighted by Gasteiger charge is -2.08. The Bertz CT molecular complexity index is 1670. The predicted molar refractivity (Wildman–Crippen MR) is 137 cm³/mol. The number of para-hydroxylation sites is 1. The molecule has 0 aliphatic carbocycles. The molecule has 7 heteroatoms. The normalized spacial score (nSPS) is 11.1. The Morgan fingerprint density at radius 2 is 1.72 bits per heavy atom. The second-order valence-electron chi connectivity index (χ2n) is 8.84. The minimum Gasteiger partial charge on any atom is -0.451 e. The van der Waals surface area contributed by atoms with Gasteiger partial charge in [0, 0.05) is 29.9 Å². The van der Waals surface area contributed by atoms with E-state index in [1.54, 1.807) is 35.9 Å². The molecule has 180 valence electrons. The molecule has 1 N–H and O–H groups in total. The molecule has 5 aromatic rings. The van der Waals surface area contributed by atoms with Crippen LogP contribution in [-0.4, -0.2) is 15.7 Å². The van der Waals surface area contributed by atoms with Crippen molar-refractivity contribution in [1.29, 1.82) is 0 Å². The first-order chi connectivity index (χ1) is 17.3. The Balaban J connectivity index is 1.48. The minimum atomic E-state index is -0.513. The van der Waals surface area contributed by atoms with Gasteiger partial charge in [0.05, 0.1) is 16.8 Å². The third-order valence-electron chi connectivity index (χ3n) is 6.25. The third-order valence-corrected chi connectivity index (χ3v) is 6.25. The van der Waals surface area contributed by atoms with Crippen LogP contribution in [0.25, 0.3) is 27.9 Å². The average molecular weight is 482 g/mol. The second-order valence-corrected chi connectivity index (χ2v) is 8.84. The molecule has 0 atom stereocenters. The molecule has 36 heavy (non-hydrogen) atoms. The van der Waals surface area contributed by atoms with Crippen LogP contribution in [0.3, 0.4) is 0 Å². The van der Waals surface area contributed by atoms with E-state index in [2.05, 4.69) is 5.32 Å². The van der Waals surface area contributed by atoms with Gasteiger partial charge in [0.15, 0.2) is 11.2 Å². The van der Waals surface area contributed by atoms with Crippen LogP contribution in [0.1, 0.15) is 32.8 Å². The highest BCUT2D eigenvalue weighted by Crippen LogP contribution is 2.26. The number of carbonyl (C=O) groups excluding carboxylic acids is 1. The maximum absolute atomic E-state index is 13.9. The number of nitrogens with zero attached hydrogens (tertiary/aromatic N) is 2. The Hall–Kier alpha value is -4.52. The molecule has 0 unspecified atom stereocenters. The van der Waals surface area contributed by atoms with Gasteiger partial charge in [0.25, 0.3) is 5.91 Å². The maximum atomic E-state index is 13.9. The van der Waals surface area contributed by atoms with Crippen molar-refractivity contribution in [2.45, 2.75) is 27.3 Å². The van der Waals surface area contributed by atoms with Gasteiger partial charge in [-0.2, -0.15) is 5.10 Å². The van der Waals surface area contributed by atoms with Gasteiger partial charge in [-0.05, 0) is 79.9 Å². The number of rotatable bonds is 5. The molecule has 2 heterocycles. The summed E-state index contributed by atoms with van der Waals surface area (Å²) in [6.07, 6.45) is 1.83. The zero-order chi connectivity index (χ0) is 25.4. The molecule has 0 bridgehead atoms. The van der Waals surface area contributed by atoms with Crippen molar-refractivity contribution in [2.75, 3.05) is 0 Å². The predicted octanol–water partition coefficient (Wildman–Crippen LogP) is 5.64. The maximum Gasteiger partial charge on any atom is 0.287 e. The Morgan fingerprint density at radius 1 is 0.972 bits per heavy atom. The van der Waals surface area contributed by atoms with Gasteiger partial charge in [-0.15, -0.1) is 0 Å². The lowest BCUT2D eigenvalue weighted by atomic mass is 10.1. The van der Waals surface area contributed by atoms with E-state index in [4.69, 9.17) is 9.52 Å². The number of aryl methyl sites for hydroxylation is 3. The van der Waals surface area contributed by atoms with Crippen LogP contribution in [0.5, 0.6) is 0 Å². The fourth-order valence-corrected chi connectivity index (χ4v) is 4.07. The van der Waals surface area contributed by atoms with Crippen molar-refractivity contribution < 1.29 is 13.6 Å². The summed E-state index contributed by atoms with van der Waals surface area (Å²) in [5.74, 6) is -0.876. The summed E-state index contributed by atoms with van der Waals surface area (Å²) in [5, 5.41) is 7.99. The Kier molecular flexibility index (Phi) is 5.98. The van der Waals surface area contributed by atoms with Gasteiger partial charge < -0.3 is 9.73 Å². The van der Waals surface area contributed by atoms with Crippen molar-refractivity contribution in [1.82, 2.24) is 15.1 Å². The fraction of sp³-hybridized carbons (Fsp3) is 0.138. The molecular formula is C29H24FN3O3. The van der Waals surface area contributed by atoms with Gasteiger partial charge in [-0.25, -0.2) is 9.07 Å². The van der Waals surface area contributed by atoms with Crippen LogP contribution < -0.4 is 10.7 Å². The number of halogens is 1. The minimum absolute atomic E-state index is 0.0645.